The monoisotopic (exact) mass is 320 g/mol. The van der Waals surface area contributed by atoms with E-state index in [0.29, 0.717) is 17.7 Å². The molecule has 2 rings (SSSR count). The minimum absolute atomic E-state index is 0.140. The molecule has 17 heavy (non-hydrogen) atoms. The van der Waals surface area contributed by atoms with E-state index >= 15 is 0 Å². The number of hydrogen-bond acceptors (Lipinski definition) is 3. The summed E-state index contributed by atoms with van der Waals surface area (Å²) in [6.45, 7) is 2.38. The average molecular weight is 322 g/mol. The summed E-state index contributed by atoms with van der Waals surface area (Å²) in [5, 5.41) is 0.210. The molecule has 0 bridgehead atoms. The molecule has 6 nitrogen and oxygen atoms in total. The van der Waals surface area contributed by atoms with Crippen LogP contribution in [0.15, 0.2) is 9.59 Å². The van der Waals surface area contributed by atoms with Gasteiger partial charge in [-0.05, 0) is 18.5 Å². The summed E-state index contributed by atoms with van der Waals surface area (Å²) in [6.07, 6.45) is 0. The summed E-state index contributed by atoms with van der Waals surface area (Å²) in [4.78, 5) is 28.0. The number of alkyl halides is 1. The number of imidazole rings is 1. The van der Waals surface area contributed by atoms with Gasteiger partial charge in [0.25, 0.3) is 5.56 Å². The molecule has 0 saturated carbocycles. The van der Waals surface area contributed by atoms with Crippen molar-refractivity contribution in [1.82, 2.24) is 18.7 Å². The third-order valence-corrected chi connectivity index (χ3v) is 3.41. The molecule has 0 spiro atoms. The number of aromatic nitrogens is 4. The van der Waals surface area contributed by atoms with Crippen LogP contribution in [-0.2, 0) is 19.0 Å². The zero-order chi connectivity index (χ0) is 12.7. The summed E-state index contributed by atoms with van der Waals surface area (Å²) in [6, 6.07) is 0. The summed E-state index contributed by atoms with van der Waals surface area (Å²) in [5.74, 6) is 0. The first-order chi connectivity index (χ1) is 8.02. The van der Waals surface area contributed by atoms with Gasteiger partial charge in [0, 0.05) is 13.6 Å². The van der Waals surface area contributed by atoms with Crippen molar-refractivity contribution in [3.8, 4) is 0 Å². The molecule has 92 valence electrons. The van der Waals surface area contributed by atoms with Crippen molar-refractivity contribution in [3.05, 3.63) is 26.1 Å². The van der Waals surface area contributed by atoms with Crippen LogP contribution in [0.3, 0.4) is 0 Å². The Morgan fingerprint density at radius 2 is 2.00 bits per heavy atom. The van der Waals surface area contributed by atoms with Crippen molar-refractivity contribution in [2.24, 2.45) is 7.05 Å². The minimum Gasteiger partial charge on any atom is -0.309 e. The summed E-state index contributed by atoms with van der Waals surface area (Å²) in [7, 11) is 1.56. The Kier molecular flexibility index (Phi) is 3.13. The molecule has 0 amide bonds. The van der Waals surface area contributed by atoms with Crippen molar-refractivity contribution in [2.45, 2.75) is 18.9 Å². The normalized spacial score (nSPS) is 11.3. The number of halogens is 2. The topological polar surface area (TPSA) is 61.8 Å². The number of nitrogens with zero attached hydrogens (tertiary/aromatic N) is 4. The Morgan fingerprint density at radius 1 is 1.35 bits per heavy atom. The van der Waals surface area contributed by atoms with Gasteiger partial charge in [0.05, 0.1) is 5.45 Å². The van der Waals surface area contributed by atoms with Gasteiger partial charge in [-0.25, -0.2) is 9.36 Å². The first kappa shape index (κ1) is 12.4. The quantitative estimate of drug-likeness (QED) is 0.610. The van der Waals surface area contributed by atoms with Crippen LogP contribution in [0.2, 0.25) is 5.28 Å². The predicted octanol–water partition coefficient (Wildman–Crippen LogP) is 0.922. The van der Waals surface area contributed by atoms with Gasteiger partial charge in [-0.15, -0.1) is 0 Å². The highest BCUT2D eigenvalue weighted by atomic mass is 79.9. The molecule has 0 N–H and O–H groups in total. The summed E-state index contributed by atoms with van der Waals surface area (Å²) in [5.41, 5.74) is -0.0119. The lowest BCUT2D eigenvalue weighted by Gasteiger charge is -2.06. The maximum Gasteiger partial charge on any atom is 0.333 e. The fourth-order valence-corrected chi connectivity index (χ4v) is 2.47. The van der Waals surface area contributed by atoms with Gasteiger partial charge in [0.1, 0.15) is 0 Å². The number of hydrogen-bond donors (Lipinski definition) is 0. The van der Waals surface area contributed by atoms with Gasteiger partial charge in [-0.3, -0.25) is 9.36 Å². The maximum absolute atomic E-state index is 12.1. The third-order valence-electron chi connectivity index (χ3n) is 2.62. The summed E-state index contributed by atoms with van der Waals surface area (Å²) >= 11 is 9.06. The SMILES string of the molecule is CCn1c(Cl)nc2c1c(=O)n(CBr)c(=O)n2C. The van der Waals surface area contributed by atoms with Crippen molar-refractivity contribution < 1.29 is 0 Å². The lowest BCUT2D eigenvalue weighted by Crippen LogP contribution is -2.38. The van der Waals surface area contributed by atoms with Crippen molar-refractivity contribution in [3.63, 3.8) is 0 Å². The third kappa shape index (κ3) is 1.64. The Balaban J connectivity index is 3.11. The van der Waals surface area contributed by atoms with E-state index in [-0.39, 0.29) is 16.3 Å². The first-order valence-electron chi connectivity index (χ1n) is 4.94. The Bertz CT molecular complexity index is 700. The number of fused-ring (bicyclic) bond motifs is 1. The van der Waals surface area contributed by atoms with Crippen molar-refractivity contribution in [2.75, 3.05) is 0 Å². The summed E-state index contributed by atoms with van der Waals surface area (Å²) < 4.78 is 3.99. The van der Waals surface area contributed by atoms with Crippen LogP contribution in [0, 0.1) is 0 Å². The molecule has 0 aliphatic carbocycles. The van der Waals surface area contributed by atoms with Crippen LogP contribution in [0.4, 0.5) is 0 Å². The van der Waals surface area contributed by atoms with Crippen molar-refractivity contribution >= 4 is 38.7 Å². The fraction of sp³-hybridized carbons (Fsp3) is 0.444. The van der Waals surface area contributed by atoms with Gasteiger partial charge in [-0.1, -0.05) is 15.9 Å². The van der Waals surface area contributed by atoms with Gasteiger partial charge < -0.3 is 4.57 Å². The van der Waals surface area contributed by atoms with E-state index in [1.807, 2.05) is 6.92 Å². The lowest BCUT2D eigenvalue weighted by atomic mass is 10.5. The molecule has 0 fully saturated rings. The van der Waals surface area contributed by atoms with E-state index in [2.05, 4.69) is 20.9 Å². The molecule has 0 radical (unpaired) electrons. The van der Waals surface area contributed by atoms with E-state index in [4.69, 9.17) is 11.6 Å². The average Bonchev–Trinajstić information content (AvgIpc) is 2.64. The molecule has 2 heterocycles. The highest BCUT2D eigenvalue weighted by molar-refractivity contribution is 9.08. The molecule has 0 aliphatic heterocycles. The zero-order valence-corrected chi connectivity index (χ0v) is 11.6. The van der Waals surface area contributed by atoms with Gasteiger partial charge in [0.15, 0.2) is 11.2 Å². The second kappa shape index (κ2) is 4.30. The van der Waals surface area contributed by atoms with Crippen LogP contribution in [0.25, 0.3) is 11.2 Å². The van der Waals surface area contributed by atoms with Crippen LogP contribution >= 0.6 is 27.5 Å². The Hall–Kier alpha value is -1.08. The van der Waals surface area contributed by atoms with Crippen LogP contribution in [-0.4, -0.2) is 18.7 Å². The van der Waals surface area contributed by atoms with Crippen molar-refractivity contribution in [1.29, 1.82) is 0 Å². The van der Waals surface area contributed by atoms with E-state index in [1.165, 1.54) is 4.57 Å². The standard InChI is InChI=1S/C9H10BrClN4O2/c1-3-14-5-6(12-8(14)11)13(2)9(17)15(4-10)7(5)16/h3-4H2,1-2H3. The smallest absolute Gasteiger partial charge is 0.309 e. The lowest BCUT2D eigenvalue weighted by molar-refractivity contribution is 0.695. The van der Waals surface area contributed by atoms with E-state index in [0.717, 1.165) is 4.57 Å². The van der Waals surface area contributed by atoms with E-state index < -0.39 is 5.69 Å². The highest BCUT2D eigenvalue weighted by Gasteiger charge is 2.17. The molecule has 8 heteroatoms. The maximum atomic E-state index is 12.1. The molecular weight excluding hydrogens is 311 g/mol. The highest BCUT2D eigenvalue weighted by Crippen LogP contribution is 2.14. The van der Waals surface area contributed by atoms with Crippen LogP contribution in [0.1, 0.15) is 6.92 Å². The minimum atomic E-state index is -0.420. The van der Waals surface area contributed by atoms with E-state index in [1.54, 1.807) is 11.6 Å². The molecule has 0 atom stereocenters. The van der Waals surface area contributed by atoms with Gasteiger partial charge in [-0.2, -0.15) is 4.98 Å². The Labute approximate surface area is 110 Å². The number of rotatable bonds is 2. The first-order valence-corrected chi connectivity index (χ1v) is 6.44. The van der Waals surface area contributed by atoms with E-state index in [9.17, 15) is 9.59 Å². The molecule has 2 aromatic rings. The second-order valence-corrected chi connectivity index (χ2v) is 4.33. The number of aryl methyl sites for hydroxylation is 2. The molecule has 0 saturated heterocycles. The fourth-order valence-electron chi connectivity index (χ4n) is 1.74. The molecule has 0 aromatic carbocycles. The van der Waals surface area contributed by atoms with Gasteiger partial charge in [0.2, 0.25) is 5.28 Å². The van der Waals surface area contributed by atoms with Crippen LogP contribution in [0.5, 0.6) is 0 Å². The molecule has 0 unspecified atom stereocenters. The largest absolute Gasteiger partial charge is 0.333 e. The predicted molar refractivity (Wildman–Crippen MR) is 68.8 cm³/mol. The molecule has 2 aromatic heterocycles. The van der Waals surface area contributed by atoms with Crippen LogP contribution < -0.4 is 11.2 Å². The molecule has 0 aliphatic rings. The van der Waals surface area contributed by atoms with Gasteiger partial charge >= 0.3 is 5.69 Å². The zero-order valence-electron chi connectivity index (χ0n) is 9.28. The Morgan fingerprint density at radius 3 is 2.53 bits per heavy atom. The second-order valence-electron chi connectivity index (χ2n) is 3.49. The molecular formula is C9H10BrClN4O2.